The summed E-state index contributed by atoms with van der Waals surface area (Å²) in [6.45, 7) is 0. The van der Waals surface area contributed by atoms with E-state index in [9.17, 15) is 22.0 Å². The Bertz CT molecular complexity index is 387. The normalized spacial score (nSPS) is 13.1. The second kappa shape index (κ2) is 6.68. The van der Waals surface area contributed by atoms with Crippen molar-refractivity contribution in [3.05, 3.63) is 33.8 Å². The van der Waals surface area contributed by atoms with Gasteiger partial charge in [-0.15, -0.1) is 12.4 Å². The summed E-state index contributed by atoms with van der Waals surface area (Å²) >= 11 is 2.87. The molecular weight excluding hydrogens is 344 g/mol. The van der Waals surface area contributed by atoms with E-state index in [1.165, 1.54) is 0 Å². The summed E-state index contributed by atoms with van der Waals surface area (Å²) in [4.78, 5) is 0. The van der Waals surface area contributed by atoms with Crippen molar-refractivity contribution in [3.8, 4) is 0 Å². The van der Waals surface area contributed by atoms with Crippen LogP contribution in [0.1, 0.15) is 24.4 Å². The highest BCUT2D eigenvalue weighted by Gasteiger charge is 2.29. The lowest BCUT2D eigenvalue weighted by molar-refractivity contribution is -0.136. The van der Waals surface area contributed by atoms with E-state index in [0.717, 1.165) is 12.1 Å². The molecule has 1 rings (SSSR count). The summed E-state index contributed by atoms with van der Waals surface area (Å²) < 4.78 is 62.7. The number of halogens is 7. The van der Waals surface area contributed by atoms with Gasteiger partial charge >= 0.3 is 6.18 Å². The van der Waals surface area contributed by atoms with Crippen LogP contribution in [0.25, 0.3) is 0 Å². The monoisotopic (exact) mass is 353 g/mol. The van der Waals surface area contributed by atoms with E-state index in [0.29, 0.717) is 0 Å². The Labute approximate surface area is 115 Å². The van der Waals surface area contributed by atoms with Gasteiger partial charge in [0.2, 0.25) is 0 Å². The van der Waals surface area contributed by atoms with Gasteiger partial charge in [-0.3, -0.25) is 0 Å². The standard InChI is InChI=1S/C10H9BrF5N.ClH/c11-5-3-6(12)9(7(13)4-5)8(17)1-2-10(14,15)16;/h3-4,8H,1-2,17H2;1H/t8-;/m1./s1. The molecule has 1 aromatic carbocycles. The van der Waals surface area contributed by atoms with Crippen LogP contribution in [0.2, 0.25) is 0 Å². The van der Waals surface area contributed by atoms with Crippen LogP contribution in [-0.4, -0.2) is 6.18 Å². The zero-order chi connectivity index (χ0) is 13.2. The molecule has 0 spiro atoms. The summed E-state index contributed by atoms with van der Waals surface area (Å²) in [5, 5.41) is 0. The first-order valence-electron chi connectivity index (χ1n) is 4.67. The Balaban J connectivity index is 0.00000289. The van der Waals surface area contributed by atoms with Crippen LogP contribution in [0.3, 0.4) is 0 Å². The Hall–Kier alpha value is -0.400. The Kier molecular flexibility index (Phi) is 6.53. The van der Waals surface area contributed by atoms with Crippen molar-refractivity contribution in [3.63, 3.8) is 0 Å². The van der Waals surface area contributed by atoms with Crippen molar-refractivity contribution in [1.82, 2.24) is 0 Å². The summed E-state index contributed by atoms with van der Waals surface area (Å²) in [5.41, 5.74) is 4.84. The van der Waals surface area contributed by atoms with Crippen LogP contribution in [-0.2, 0) is 0 Å². The molecule has 0 fully saturated rings. The van der Waals surface area contributed by atoms with Crippen LogP contribution >= 0.6 is 28.3 Å². The van der Waals surface area contributed by atoms with Gasteiger partial charge in [0.15, 0.2) is 0 Å². The van der Waals surface area contributed by atoms with Gasteiger partial charge in [-0.05, 0) is 18.6 Å². The second-order valence-corrected chi connectivity index (χ2v) is 4.46. The summed E-state index contributed by atoms with van der Waals surface area (Å²) in [7, 11) is 0. The molecule has 0 aliphatic rings. The maximum absolute atomic E-state index is 13.4. The van der Waals surface area contributed by atoms with E-state index in [1.807, 2.05) is 0 Å². The molecule has 104 valence electrons. The Morgan fingerprint density at radius 1 is 1.17 bits per heavy atom. The Morgan fingerprint density at radius 2 is 1.61 bits per heavy atom. The third-order valence-corrected chi connectivity index (χ3v) is 2.61. The predicted molar refractivity (Wildman–Crippen MR) is 63.5 cm³/mol. The zero-order valence-electron chi connectivity index (χ0n) is 8.90. The number of nitrogens with two attached hydrogens (primary N) is 1. The van der Waals surface area contributed by atoms with Crippen molar-refractivity contribution < 1.29 is 22.0 Å². The third kappa shape index (κ3) is 5.07. The summed E-state index contributed by atoms with van der Waals surface area (Å²) in [6.07, 6.45) is -6.12. The average molecular weight is 355 g/mol. The van der Waals surface area contributed by atoms with E-state index in [-0.39, 0.29) is 16.9 Å². The van der Waals surface area contributed by atoms with Crippen LogP contribution in [0, 0.1) is 11.6 Å². The van der Waals surface area contributed by atoms with Gasteiger partial charge < -0.3 is 5.73 Å². The van der Waals surface area contributed by atoms with Crippen molar-refractivity contribution in [2.45, 2.75) is 25.1 Å². The topological polar surface area (TPSA) is 26.0 Å². The lowest BCUT2D eigenvalue weighted by Crippen LogP contribution is -2.18. The molecule has 2 N–H and O–H groups in total. The highest BCUT2D eigenvalue weighted by atomic mass is 79.9. The fourth-order valence-corrected chi connectivity index (χ4v) is 1.77. The van der Waals surface area contributed by atoms with Crippen LogP contribution < -0.4 is 5.73 Å². The molecule has 0 saturated heterocycles. The first-order valence-corrected chi connectivity index (χ1v) is 5.47. The molecule has 0 amide bonds. The molecule has 0 radical (unpaired) electrons. The molecule has 0 aromatic heterocycles. The maximum Gasteiger partial charge on any atom is 0.389 e. The van der Waals surface area contributed by atoms with Gasteiger partial charge in [-0.1, -0.05) is 15.9 Å². The molecule has 0 bridgehead atoms. The molecule has 1 aromatic rings. The first-order chi connectivity index (χ1) is 7.70. The van der Waals surface area contributed by atoms with E-state index in [2.05, 4.69) is 15.9 Å². The lowest BCUT2D eigenvalue weighted by Gasteiger charge is -2.15. The fourth-order valence-electron chi connectivity index (χ4n) is 1.37. The Morgan fingerprint density at radius 3 is 2.00 bits per heavy atom. The molecule has 0 saturated carbocycles. The number of hydrogen-bond acceptors (Lipinski definition) is 1. The van der Waals surface area contributed by atoms with Crippen molar-refractivity contribution in [2.24, 2.45) is 5.73 Å². The van der Waals surface area contributed by atoms with Crippen molar-refractivity contribution >= 4 is 28.3 Å². The largest absolute Gasteiger partial charge is 0.389 e. The number of hydrogen-bond donors (Lipinski definition) is 1. The highest BCUT2D eigenvalue weighted by Crippen LogP contribution is 2.30. The zero-order valence-corrected chi connectivity index (χ0v) is 11.3. The maximum atomic E-state index is 13.4. The minimum Gasteiger partial charge on any atom is -0.324 e. The minimum absolute atomic E-state index is 0. The molecular formula is C10H10BrClF5N. The van der Waals surface area contributed by atoms with E-state index in [1.54, 1.807) is 0 Å². The van der Waals surface area contributed by atoms with Gasteiger partial charge in [-0.25, -0.2) is 8.78 Å². The summed E-state index contributed by atoms with van der Waals surface area (Å²) in [6, 6.07) is 0.613. The molecule has 8 heteroatoms. The number of alkyl halides is 3. The van der Waals surface area contributed by atoms with E-state index < -0.39 is 42.3 Å². The van der Waals surface area contributed by atoms with Gasteiger partial charge in [-0.2, -0.15) is 13.2 Å². The molecule has 0 unspecified atom stereocenters. The van der Waals surface area contributed by atoms with Gasteiger partial charge in [0.1, 0.15) is 11.6 Å². The number of rotatable bonds is 3. The smallest absolute Gasteiger partial charge is 0.324 e. The second-order valence-electron chi connectivity index (χ2n) is 3.54. The third-order valence-electron chi connectivity index (χ3n) is 2.15. The minimum atomic E-state index is -4.39. The number of benzene rings is 1. The molecule has 18 heavy (non-hydrogen) atoms. The van der Waals surface area contributed by atoms with Crippen LogP contribution in [0.4, 0.5) is 22.0 Å². The SMILES string of the molecule is Cl.N[C@H](CCC(F)(F)F)c1c(F)cc(Br)cc1F. The predicted octanol–water partition coefficient (Wildman–Crippen LogP) is 4.49. The molecule has 1 nitrogen and oxygen atoms in total. The molecule has 0 aliphatic carbocycles. The fraction of sp³-hybridized carbons (Fsp3) is 0.400. The van der Waals surface area contributed by atoms with Gasteiger partial charge in [0, 0.05) is 22.5 Å². The van der Waals surface area contributed by atoms with Crippen molar-refractivity contribution in [1.29, 1.82) is 0 Å². The highest BCUT2D eigenvalue weighted by molar-refractivity contribution is 9.10. The van der Waals surface area contributed by atoms with E-state index in [4.69, 9.17) is 5.73 Å². The first kappa shape index (κ1) is 17.6. The molecule has 0 aliphatic heterocycles. The van der Waals surface area contributed by atoms with Gasteiger partial charge in [0.25, 0.3) is 0 Å². The quantitative estimate of drug-likeness (QED) is 0.795. The molecule has 1 atom stereocenters. The molecule has 0 heterocycles. The van der Waals surface area contributed by atoms with E-state index >= 15 is 0 Å². The van der Waals surface area contributed by atoms with Gasteiger partial charge in [0.05, 0.1) is 0 Å². The van der Waals surface area contributed by atoms with Crippen LogP contribution in [0.15, 0.2) is 16.6 Å². The van der Waals surface area contributed by atoms with Crippen LogP contribution in [0.5, 0.6) is 0 Å². The lowest BCUT2D eigenvalue weighted by atomic mass is 10.0. The van der Waals surface area contributed by atoms with Crippen molar-refractivity contribution in [2.75, 3.05) is 0 Å². The summed E-state index contributed by atoms with van der Waals surface area (Å²) in [5.74, 6) is -1.90. The average Bonchev–Trinajstić information content (AvgIpc) is 2.11.